The van der Waals surface area contributed by atoms with Gasteiger partial charge < -0.3 is 11.1 Å². The first-order valence-electron chi connectivity index (χ1n) is 6.56. The molecule has 104 valence electrons. The molecule has 0 amide bonds. The summed E-state index contributed by atoms with van der Waals surface area (Å²) in [5, 5.41) is 10.8. The fourth-order valence-electron chi connectivity index (χ4n) is 2.39. The van der Waals surface area contributed by atoms with Crippen LogP contribution in [0.1, 0.15) is 16.1 Å². The van der Waals surface area contributed by atoms with Crippen LogP contribution in [0.3, 0.4) is 0 Å². The van der Waals surface area contributed by atoms with E-state index in [1.54, 1.807) is 11.3 Å². The fourth-order valence-corrected chi connectivity index (χ4v) is 3.46. The Morgan fingerprint density at radius 2 is 2.20 bits per heavy atom. The molecule has 0 radical (unpaired) electrons. The summed E-state index contributed by atoms with van der Waals surface area (Å²) in [7, 11) is 0. The molecule has 1 aromatic carbocycles. The molecule has 20 heavy (non-hydrogen) atoms. The Labute approximate surface area is 122 Å². The molecule has 3 rings (SSSR count). The molecule has 0 bridgehead atoms. The number of hydrogen-bond donors (Lipinski definition) is 3. The van der Waals surface area contributed by atoms with E-state index < -0.39 is 0 Å². The highest BCUT2D eigenvalue weighted by Gasteiger charge is 2.20. The highest BCUT2D eigenvalue weighted by atomic mass is 32.1. The summed E-state index contributed by atoms with van der Waals surface area (Å²) in [5.41, 5.74) is 7.82. The molecule has 0 fully saturated rings. The molecule has 2 aromatic rings. The van der Waals surface area contributed by atoms with E-state index in [2.05, 4.69) is 39.5 Å². The van der Waals surface area contributed by atoms with Gasteiger partial charge in [0.05, 0.1) is 5.69 Å². The maximum absolute atomic E-state index is 7.25. The summed E-state index contributed by atoms with van der Waals surface area (Å²) in [5.74, 6) is -0.0581. The Hall–Kier alpha value is -1.92. The molecule has 1 aliphatic rings. The predicted molar refractivity (Wildman–Crippen MR) is 81.9 cm³/mol. The molecule has 0 spiro atoms. The van der Waals surface area contributed by atoms with E-state index in [1.165, 1.54) is 10.4 Å². The van der Waals surface area contributed by atoms with Crippen molar-refractivity contribution in [2.75, 3.05) is 11.9 Å². The highest BCUT2D eigenvalue weighted by molar-refractivity contribution is 7.15. The number of benzene rings is 1. The van der Waals surface area contributed by atoms with Crippen LogP contribution in [0.5, 0.6) is 0 Å². The van der Waals surface area contributed by atoms with Crippen LogP contribution in [0.4, 0.5) is 5.13 Å². The molecule has 0 atom stereocenters. The number of fused-ring (bicyclic) bond motifs is 1. The quantitative estimate of drug-likeness (QED) is 0.596. The van der Waals surface area contributed by atoms with Crippen molar-refractivity contribution in [1.29, 1.82) is 5.41 Å². The lowest BCUT2D eigenvalue weighted by atomic mass is 10.1. The monoisotopic (exact) mass is 287 g/mol. The van der Waals surface area contributed by atoms with Crippen LogP contribution >= 0.6 is 11.3 Å². The number of hydrogen-bond acceptors (Lipinski definition) is 4. The van der Waals surface area contributed by atoms with Crippen molar-refractivity contribution in [1.82, 2.24) is 9.88 Å². The number of rotatable bonds is 3. The van der Waals surface area contributed by atoms with Crippen LogP contribution in [-0.4, -0.2) is 22.4 Å². The zero-order chi connectivity index (χ0) is 13.9. The second kappa shape index (κ2) is 5.60. The van der Waals surface area contributed by atoms with Gasteiger partial charge in [-0.2, -0.15) is 0 Å². The number of anilines is 1. The Kier molecular flexibility index (Phi) is 3.66. The first kappa shape index (κ1) is 13.1. The molecule has 6 heteroatoms. The molecule has 1 aromatic heterocycles. The summed E-state index contributed by atoms with van der Waals surface area (Å²) >= 11 is 1.59. The summed E-state index contributed by atoms with van der Waals surface area (Å²) in [4.78, 5) is 8.19. The molecule has 0 saturated heterocycles. The average Bonchev–Trinajstić information content (AvgIpc) is 2.80. The van der Waals surface area contributed by atoms with Crippen LogP contribution in [0.25, 0.3) is 0 Å². The van der Waals surface area contributed by atoms with E-state index in [1.807, 2.05) is 6.07 Å². The predicted octanol–water partition coefficient (Wildman–Crippen LogP) is 2.01. The summed E-state index contributed by atoms with van der Waals surface area (Å²) in [6.45, 7) is 2.90. The van der Waals surface area contributed by atoms with E-state index in [9.17, 15) is 0 Å². The lowest BCUT2D eigenvalue weighted by Crippen LogP contribution is -2.29. The van der Waals surface area contributed by atoms with Crippen LogP contribution in [-0.2, 0) is 19.5 Å². The van der Waals surface area contributed by atoms with E-state index in [0.717, 1.165) is 36.9 Å². The molecular formula is C14H17N5S. The zero-order valence-electron chi connectivity index (χ0n) is 11.1. The molecular weight excluding hydrogens is 270 g/mol. The van der Waals surface area contributed by atoms with Gasteiger partial charge in [0, 0.05) is 30.9 Å². The summed E-state index contributed by atoms with van der Waals surface area (Å²) in [6, 6.07) is 10.5. The van der Waals surface area contributed by atoms with E-state index in [-0.39, 0.29) is 5.96 Å². The number of thiazole rings is 1. The van der Waals surface area contributed by atoms with Crippen LogP contribution < -0.4 is 11.1 Å². The number of guanidine groups is 1. The van der Waals surface area contributed by atoms with Crippen molar-refractivity contribution >= 4 is 22.4 Å². The van der Waals surface area contributed by atoms with Gasteiger partial charge in [-0.05, 0) is 5.56 Å². The Balaban J connectivity index is 1.69. The van der Waals surface area contributed by atoms with Gasteiger partial charge >= 0.3 is 0 Å². The van der Waals surface area contributed by atoms with Crippen molar-refractivity contribution < 1.29 is 0 Å². The Morgan fingerprint density at radius 3 is 2.95 bits per heavy atom. The van der Waals surface area contributed by atoms with E-state index >= 15 is 0 Å². The number of nitrogens with two attached hydrogens (primary N) is 1. The molecule has 0 aliphatic carbocycles. The Morgan fingerprint density at radius 1 is 1.40 bits per heavy atom. The van der Waals surface area contributed by atoms with Crippen LogP contribution in [0.15, 0.2) is 30.3 Å². The van der Waals surface area contributed by atoms with Crippen LogP contribution in [0.2, 0.25) is 0 Å². The van der Waals surface area contributed by atoms with Crippen molar-refractivity contribution in [2.24, 2.45) is 5.73 Å². The summed E-state index contributed by atoms with van der Waals surface area (Å²) < 4.78 is 0. The standard InChI is InChI=1S/C14H17N5S/c15-13(16)18-14-17-11-6-7-19(9-12(11)20-14)8-10-4-2-1-3-5-10/h1-5H,6-9H2,(H4,15,16,17,18). The zero-order valence-corrected chi connectivity index (χ0v) is 11.9. The maximum atomic E-state index is 7.25. The highest BCUT2D eigenvalue weighted by Crippen LogP contribution is 2.28. The lowest BCUT2D eigenvalue weighted by Gasteiger charge is -2.25. The number of nitrogens with one attached hydrogen (secondary N) is 2. The minimum absolute atomic E-state index is 0.0581. The largest absolute Gasteiger partial charge is 0.370 e. The van der Waals surface area contributed by atoms with Crippen molar-refractivity contribution in [2.45, 2.75) is 19.5 Å². The van der Waals surface area contributed by atoms with Gasteiger partial charge in [0.15, 0.2) is 11.1 Å². The van der Waals surface area contributed by atoms with Gasteiger partial charge in [0.1, 0.15) is 0 Å². The average molecular weight is 287 g/mol. The third-order valence-corrected chi connectivity index (χ3v) is 4.30. The van der Waals surface area contributed by atoms with Gasteiger partial charge in [-0.1, -0.05) is 30.3 Å². The molecule has 5 nitrogen and oxygen atoms in total. The fraction of sp³-hybridized carbons (Fsp3) is 0.286. The topological polar surface area (TPSA) is 78.0 Å². The smallest absolute Gasteiger partial charge is 0.192 e. The SMILES string of the molecule is N=C(N)Nc1nc2c(s1)CN(Cc1ccccc1)CC2. The Bertz CT molecular complexity index is 607. The molecule has 4 N–H and O–H groups in total. The van der Waals surface area contributed by atoms with Crippen LogP contribution in [0, 0.1) is 5.41 Å². The minimum Gasteiger partial charge on any atom is -0.370 e. The number of aromatic nitrogens is 1. The second-order valence-corrected chi connectivity index (χ2v) is 5.96. The van der Waals surface area contributed by atoms with Crippen molar-refractivity contribution in [3.63, 3.8) is 0 Å². The van der Waals surface area contributed by atoms with Gasteiger partial charge in [0.25, 0.3) is 0 Å². The molecule has 1 aliphatic heterocycles. The van der Waals surface area contributed by atoms with Gasteiger partial charge in [-0.15, -0.1) is 11.3 Å². The van der Waals surface area contributed by atoms with Crippen molar-refractivity contribution in [3.05, 3.63) is 46.5 Å². The molecule has 0 saturated carbocycles. The molecule has 0 unspecified atom stereocenters. The summed E-state index contributed by atoms with van der Waals surface area (Å²) in [6.07, 6.45) is 0.957. The third kappa shape index (κ3) is 2.97. The van der Waals surface area contributed by atoms with Gasteiger partial charge in [-0.3, -0.25) is 10.3 Å². The van der Waals surface area contributed by atoms with Crippen molar-refractivity contribution in [3.8, 4) is 0 Å². The lowest BCUT2D eigenvalue weighted by molar-refractivity contribution is 0.247. The third-order valence-electron chi connectivity index (χ3n) is 3.30. The second-order valence-electron chi connectivity index (χ2n) is 4.87. The van der Waals surface area contributed by atoms with E-state index in [4.69, 9.17) is 11.1 Å². The maximum Gasteiger partial charge on any atom is 0.192 e. The molecule has 2 heterocycles. The number of nitrogens with zero attached hydrogens (tertiary/aromatic N) is 2. The first-order chi connectivity index (χ1) is 9.70. The van der Waals surface area contributed by atoms with Gasteiger partial charge in [0.2, 0.25) is 0 Å². The minimum atomic E-state index is -0.0581. The first-order valence-corrected chi connectivity index (χ1v) is 7.38. The van der Waals surface area contributed by atoms with Gasteiger partial charge in [-0.25, -0.2) is 4.98 Å². The van der Waals surface area contributed by atoms with E-state index in [0.29, 0.717) is 0 Å². The normalized spacial score (nSPS) is 14.8.